The van der Waals surface area contributed by atoms with Crippen LogP contribution in [0.1, 0.15) is 28.4 Å². The second kappa shape index (κ2) is 9.10. The zero-order valence-corrected chi connectivity index (χ0v) is 17.1. The van der Waals surface area contributed by atoms with Crippen molar-refractivity contribution in [1.82, 2.24) is 4.98 Å². The number of para-hydroxylation sites is 1. The number of nitrogens with one attached hydrogen (secondary N) is 2. The summed E-state index contributed by atoms with van der Waals surface area (Å²) in [6, 6.07) is 15.1. The highest BCUT2D eigenvalue weighted by Gasteiger charge is 2.18. The van der Waals surface area contributed by atoms with Gasteiger partial charge in [-0.15, -0.1) is 0 Å². The highest BCUT2D eigenvalue weighted by atomic mass is 16.5. The van der Waals surface area contributed by atoms with E-state index >= 15 is 0 Å². The van der Waals surface area contributed by atoms with Crippen molar-refractivity contribution in [3.05, 3.63) is 71.4 Å². The third-order valence-electron chi connectivity index (χ3n) is 4.67. The summed E-state index contributed by atoms with van der Waals surface area (Å²) in [6.07, 6.45) is 2.55. The summed E-state index contributed by atoms with van der Waals surface area (Å²) < 4.78 is 10.6. The van der Waals surface area contributed by atoms with Crippen LogP contribution in [0.5, 0.6) is 11.5 Å². The smallest absolute Gasteiger partial charge is 0.263 e. The Hall–Kier alpha value is -3.54. The molecule has 0 bridgehead atoms. The molecule has 6 nitrogen and oxygen atoms in total. The number of nitrogens with zero attached hydrogens (tertiary/aromatic N) is 1. The van der Waals surface area contributed by atoms with Gasteiger partial charge in [-0.1, -0.05) is 31.2 Å². The van der Waals surface area contributed by atoms with Crippen LogP contribution in [0.2, 0.25) is 0 Å². The van der Waals surface area contributed by atoms with Crippen LogP contribution < -0.4 is 20.1 Å². The largest absolute Gasteiger partial charge is 0.496 e. The van der Waals surface area contributed by atoms with Gasteiger partial charge >= 0.3 is 0 Å². The number of amides is 1. The number of rotatable bonds is 7. The van der Waals surface area contributed by atoms with Crippen LogP contribution in [0.15, 0.2) is 54.7 Å². The van der Waals surface area contributed by atoms with Gasteiger partial charge in [-0.05, 0) is 48.7 Å². The first kappa shape index (κ1) is 20.2. The topological polar surface area (TPSA) is 72.5 Å². The molecule has 3 rings (SSSR count). The van der Waals surface area contributed by atoms with E-state index in [1.54, 1.807) is 30.5 Å². The average Bonchev–Trinajstić information content (AvgIpc) is 2.75. The number of hydrogen-bond acceptors (Lipinski definition) is 5. The van der Waals surface area contributed by atoms with Crippen molar-refractivity contribution in [3.63, 3.8) is 0 Å². The van der Waals surface area contributed by atoms with Crippen molar-refractivity contribution in [2.24, 2.45) is 0 Å². The zero-order valence-electron chi connectivity index (χ0n) is 17.1. The van der Waals surface area contributed by atoms with Crippen LogP contribution in [0.3, 0.4) is 0 Å². The van der Waals surface area contributed by atoms with Gasteiger partial charge in [0.25, 0.3) is 5.91 Å². The van der Waals surface area contributed by atoms with E-state index in [4.69, 9.17) is 9.47 Å². The molecule has 2 aromatic carbocycles. The van der Waals surface area contributed by atoms with Crippen molar-refractivity contribution in [1.29, 1.82) is 0 Å². The van der Waals surface area contributed by atoms with Gasteiger partial charge in [-0.25, -0.2) is 4.98 Å². The van der Waals surface area contributed by atoms with Gasteiger partial charge in [0.15, 0.2) is 0 Å². The molecule has 1 aromatic heterocycles. The summed E-state index contributed by atoms with van der Waals surface area (Å²) in [4.78, 5) is 17.2. The van der Waals surface area contributed by atoms with E-state index in [1.165, 1.54) is 19.8 Å². The fraction of sp³-hybridized carbons (Fsp3) is 0.217. The number of ether oxygens (including phenoxy) is 2. The highest BCUT2D eigenvalue weighted by molar-refractivity contribution is 6.08. The molecule has 0 saturated heterocycles. The normalized spacial score (nSPS) is 10.3. The average molecular weight is 391 g/mol. The highest BCUT2D eigenvalue weighted by Crippen LogP contribution is 2.29. The number of benzene rings is 2. The third-order valence-corrected chi connectivity index (χ3v) is 4.67. The van der Waals surface area contributed by atoms with E-state index in [-0.39, 0.29) is 5.91 Å². The van der Waals surface area contributed by atoms with Crippen LogP contribution in [-0.2, 0) is 6.42 Å². The maximum atomic E-state index is 12.8. The van der Waals surface area contributed by atoms with Crippen molar-refractivity contribution >= 4 is 23.1 Å². The molecule has 0 atom stereocenters. The third kappa shape index (κ3) is 4.48. The number of pyridine rings is 1. The molecular weight excluding hydrogens is 366 g/mol. The minimum absolute atomic E-state index is 0.325. The summed E-state index contributed by atoms with van der Waals surface area (Å²) in [5, 5.41) is 6.22. The lowest BCUT2D eigenvalue weighted by Gasteiger charge is -2.14. The molecule has 29 heavy (non-hydrogen) atoms. The molecule has 2 N–H and O–H groups in total. The lowest BCUT2D eigenvalue weighted by molar-refractivity contribution is 0.102. The first-order valence-corrected chi connectivity index (χ1v) is 9.41. The van der Waals surface area contributed by atoms with Crippen molar-refractivity contribution < 1.29 is 14.3 Å². The fourth-order valence-electron chi connectivity index (χ4n) is 3.14. The van der Waals surface area contributed by atoms with E-state index in [2.05, 4.69) is 47.7 Å². The van der Waals surface area contributed by atoms with E-state index in [9.17, 15) is 4.79 Å². The number of methoxy groups -OCH3 is 2. The van der Waals surface area contributed by atoms with Crippen molar-refractivity contribution in [3.8, 4) is 11.5 Å². The standard InChI is InChI=1S/C23H25N3O3/c1-5-16-9-6-8-15(2)22(16)26-20-13-12-17(14-24-20)25-23(27)21-18(28-3)10-7-11-19(21)29-4/h6-14H,5H2,1-4H3,(H,24,26)(H,25,27). The van der Waals surface area contributed by atoms with Crippen molar-refractivity contribution in [2.45, 2.75) is 20.3 Å². The Morgan fingerprint density at radius 1 is 1.00 bits per heavy atom. The Kier molecular flexibility index (Phi) is 6.34. The number of carbonyl (C=O) groups excluding carboxylic acids is 1. The molecule has 0 aliphatic rings. The predicted octanol–water partition coefficient (Wildman–Crippen LogP) is 4.97. The Morgan fingerprint density at radius 2 is 1.69 bits per heavy atom. The fourth-order valence-corrected chi connectivity index (χ4v) is 3.14. The van der Waals surface area contributed by atoms with E-state index in [1.807, 2.05) is 6.07 Å². The summed E-state index contributed by atoms with van der Waals surface area (Å²) in [5.41, 5.74) is 4.37. The van der Waals surface area contributed by atoms with Gasteiger partial charge in [-0.2, -0.15) is 0 Å². The van der Waals surface area contributed by atoms with Gasteiger partial charge < -0.3 is 20.1 Å². The molecule has 0 aliphatic heterocycles. The molecule has 0 saturated carbocycles. The molecule has 0 spiro atoms. The minimum Gasteiger partial charge on any atom is -0.496 e. The second-order valence-corrected chi connectivity index (χ2v) is 6.51. The summed E-state index contributed by atoms with van der Waals surface area (Å²) >= 11 is 0. The zero-order chi connectivity index (χ0) is 20.8. The molecule has 150 valence electrons. The molecule has 3 aromatic rings. The molecule has 1 heterocycles. The molecule has 1 amide bonds. The summed E-state index contributed by atoms with van der Waals surface area (Å²) in [5.74, 6) is 1.27. The first-order valence-electron chi connectivity index (χ1n) is 9.41. The number of hydrogen-bond donors (Lipinski definition) is 2. The Morgan fingerprint density at radius 3 is 2.28 bits per heavy atom. The Balaban J connectivity index is 1.78. The Bertz CT molecular complexity index is 978. The lowest BCUT2D eigenvalue weighted by atomic mass is 10.1. The van der Waals surface area contributed by atoms with Gasteiger partial charge in [0.2, 0.25) is 0 Å². The quantitative estimate of drug-likeness (QED) is 0.595. The van der Waals surface area contributed by atoms with Crippen molar-refractivity contribution in [2.75, 3.05) is 24.9 Å². The summed E-state index contributed by atoms with van der Waals surface area (Å²) in [7, 11) is 3.04. The maximum absolute atomic E-state index is 12.8. The predicted molar refractivity (Wildman–Crippen MR) is 116 cm³/mol. The minimum atomic E-state index is -0.325. The van der Waals surface area contributed by atoms with E-state index in [0.29, 0.717) is 28.6 Å². The number of anilines is 3. The second-order valence-electron chi connectivity index (χ2n) is 6.51. The first-order chi connectivity index (χ1) is 14.1. The summed E-state index contributed by atoms with van der Waals surface area (Å²) in [6.45, 7) is 4.19. The number of aryl methyl sites for hydroxylation is 2. The maximum Gasteiger partial charge on any atom is 0.263 e. The number of carbonyl (C=O) groups is 1. The monoisotopic (exact) mass is 391 g/mol. The molecule has 0 fully saturated rings. The molecule has 0 aliphatic carbocycles. The van der Waals surface area contributed by atoms with Gasteiger partial charge in [-0.3, -0.25) is 4.79 Å². The van der Waals surface area contributed by atoms with Crippen LogP contribution in [-0.4, -0.2) is 25.1 Å². The molecule has 0 radical (unpaired) electrons. The Labute approximate surface area is 170 Å². The van der Waals surface area contributed by atoms with Crippen LogP contribution >= 0.6 is 0 Å². The van der Waals surface area contributed by atoms with Crippen LogP contribution in [0, 0.1) is 6.92 Å². The molecule has 0 unspecified atom stereocenters. The number of aromatic nitrogens is 1. The van der Waals surface area contributed by atoms with Gasteiger partial charge in [0.05, 0.1) is 26.1 Å². The van der Waals surface area contributed by atoms with Gasteiger partial charge in [0.1, 0.15) is 22.9 Å². The van der Waals surface area contributed by atoms with Crippen LogP contribution in [0.25, 0.3) is 0 Å². The molecule has 6 heteroatoms. The van der Waals surface area contributed by atoms with E-state index < -0.39 is 0 Å². The molecular formula is C23H25N3O3. The van der Waals surface area contributed by atoms with E-state index in [0.717, 1.165) is 17.7 Å². The SMILES string of the molecule is CCc1cccc(C)c1Nc1ccc(NC(=O)c2c(OC)cccc2OC)cn1. The van der Waals surface area contributed by atoms with Gasteiger partial charge in [0, 0.05) is 5.69 Å². The van der Waals surface area contributed by atoms with Crippen LogP contribution in [0.4, 0.5) is 17.2 Å². The lowest BCUT2D eigenvalue weighted by Crippen LogP contribution is -2.14.